The number of ether oxygens (including phenoxy) is 1. The number of hydrogen-bond acceptors (Lipinski definition) is 5. The highest BCUT2D eigenvalue weighted by Gasteiger charge is 2.25. The maximum atomic E-state index is 14.1. The fraction of sp³-hybridized carbons (Fsp3) is 0.160. The van der Waals surface area contributed by atoms with E-state index in [1.165, 1.54) is 17.4 Å². The number of aryl methyl sites for hydroxylation is 1. The highest BCUT2D eigenvalue weighted by Crippen LogP contribution is 2.40. The fourth-order valence-electron chi connectivity index (χ4n) is 3.60. The summed E-state index contributed by atoms with van der Waals surface area (Å²) in [6, 6.07) is 15.9. The van der Waals surface area contributed by atoms with Crippen LogP contribution >= 0.6 is 35.2 Å². The van der Waals surface area contributed by atoms with Crippen molar-refractivity contribution < 1.29 is 13.9 Å². The van der Waals surface area contributed by atoms with Crippen LogP contribution in [0.25, 0.3) is 11.1 Å². The van der Waals surface area contributed by atoms with Crippen molar-refractivity contribution in [1.29, 1.82) is 0 Å². The van der Waals surface area contributed by atoms with Gasteiger partial charge >= 0.3 is 5.97 Å². The Hall–Kier alpha value is -3.27. The molecule has 0 bridgehead atoms. The normalized spacial score (nSPS) is 10.7. The third-order valence-corrected chi connectivity index (χ3v) is 6.70. The van der Waals surface area contributed by atoms with Crippen LogP contribution in [-0.2, 0) is 11.3 Å². The summed E-state index contributed by atoms with van der Waals surface area (Å²) in [6.07, 6.45) is 1.69. The molecule has 2 aromatic carbocycles. The Morgan fingerprint density at radius 1 is 1.17 bits per heavy atom. The molecule has 4 rings (SSSR count). The van der Waals surface area contributed by atoms with Crippen LogP contribution in [0.3, 0.4) is 0 Å². The fourth-order valence-corrected chi connectivity index (χ4v) is 5.16. The maximum absolute atomic E-state index is 14.1. The van der Waals surface area contributed by atoms with E-state index in [0.717, 1.165) is 16.0 Å². The summed E-state index contributed by atoms with van der Waals surface area (Å²) in [7, 11) is 0. The third kappa shape index (κ3) is 5.70. The number of benzene rings is 2. The second kappa shape index (κ2) is 11.0. The molecule has 35 heavy (non-hydrogen) atoms. The van der Waals surface area contributed by atoms with E-state index in [-0.39, 0.29) is 18.3 Å². The number of anilines is 2. The lowest BCUT2D eigenvalue weighted by molar-refractivity contribution is 0.0529. The van der Waals surface area contributed by atoms with Gasteiger partial charge in [-0.2, -0.15) is 5.10 Å². The molecule has 2 heterocycles. The number of nitrogens with one attached hydrogen (secondary N) is 2. The number of thiophene rings is 1. The zero-order chi connectivity index (χ0) is 24.9. The lowest BCUT2D eigenvalue weighted by atomic mass is 10.0. The first kappa shape index (κ1) is 24.8. The number of halogens is 2. The molecule has 0 radical (unpaired) electrons. The monoisotopic (exact) mass is 528 g/mol. The first-order chi connectivity index (χ1) is 16.9. The first-order valence-electron chi connectivity index (χ1n) is 10.8. The summed E-state index contributed by atoms with van der Waals surface area (Å²) in [5.41, 5.74) is 2.52. The SMILES string of the molecule is CCOC(=O)c1c(NC(=S)Nc2ccn(Cc3c(F)cccc3Cl)n2)sc(C)c1-c1ccccc1. The Balaban J connectivity index is 1.53. The molecule has 0 aliphatic carbocycles. The zero-order valence-electron chi connectivity index (χ0n) is 19.0. The van der Waals surface area contributed by atoms with Crippen LogP contribution < -0.4 is 10.6 Å². The minimum absolute atomic E-state index is 0.172. The predicted octanol–water partition coefficient (Wildman–Crippen LogP) is 6.75. The lowest BCUT2D eigenvalue weighted by Crippen LogP contribution is -2.20. The van der Waals surface area contributed by atoms with E-state index in [1.807, 2.05) is 37.3 Å². The van der Waals surface area contributed by atoms with Gasteiger partial charge in [0.25, 0.3) is 0 Å². The van der Waals surface area contributed by atoms with Gasteiger partial charge in [-0.1, -0.05) is 48.0 Å². The standard InChI is InChI=1S/C25H22ClFN4O2S2/c1-3-33-24(32)22-21(16-8-5-4-6-9-16)15(2)35-23(22)29-25(34)28-20-12-13-31(30-20)14-17-18(26)10-7-11-19(17)27/h4-13H,3,14H2,1-2H3,(H2,28,29,30,34). The van der Waals surface area contributed by atoms with Crippen LogP contribution in [0, 0.1) is 12.7 Å². The minimum atomic E-state index is -0.424. The summed E-state index contributed by atoms with van der Waals surface area (Å²) < 4.78 is 21.0. The Morgan fingerprint density at radius 2 is 1.94 bits per heavy atom. The van der Waals surface area contributed by atoms with E-state index in [9.17, 15) is 9.18 Å². The molecule has 0 aliphatic heterocycles. The molecule has 4 aromatic rings. The molecule has 0 amide bonds. The van der Waals surface area contributed by atoms with Crippen LogP contribution in [0.1, 0.15) is 27.7 Å². The maximum Gasteiger partial charge on any atom is 0.341 e. The summed E-state index contributed by atoms with van der Waals surface area (Å²) in [5, 5.41) is 11.7. The van der Waals surface area contributed by atoms with Crippen LogP contribution in [0.5, 0.6) is 0 Å². The highest BCUT2D eigenvalue weighted by molar-refractivity contribution is 7.80. The number of rotatable bonds is 7. The van der Waals surface area contributed by atoms with E-state index in [4.69, 9.17) is 28.6 Å². The van der Waals surface area contributed by atoms with Crippen molar-refractivity contribution >= 4 is 57.1 Å². The van der Waals surface area contributed by atoms with Crippen LogP contribution in [0.4, 0.5) is 15.2 Å². The van der Waals surface area contributed by atoms with E-state index in [1.54, 1.807) is 36.0 Å². The number of aromatic nitrogens is 2. The van der Waals surface area contributed by atoms with Gasteiger partial charge in [-0.15, -0.1) is 11.3 Å². The quantitative estimate of drug-likeness (QED) is 0.204. The number of nitrogens with zero attached hydrogens (tertiary/aromatic N) is 2. The van der Waals surface area contributed by atoms with E-state index >= 15 is 0 Å². The third-order valence-electron chi connectivity index (χ3n) is 5.12. The van der Waals surface area contributed by atoms with Gasteiger partial charge in [0.2, 0.25) is 0 Å². The first-order valence-corrected chi connectivity index (χ1v) is 12.4. The van der Waals surface area contributed by atoms with E-state index < -0.39 is 11.8 Å². The van der Waals surface area contributed by atoms with E-state index in [0.29, 0.717) is 27.0 Å². The molecule has 0 saturated carbocycles. The average molecular weight is 529 g/mol. The van der Waals surface area contributed by atoms with Crippen molar-refractivity contribution in [2.24, 2.45) is 0 Å². The highest BCUT2D eigenvalue weighted by atomic mass is 35.5. The summed E-state index contributed by atoms with van der Waals surface area (Å²) >= 11 is 13.0. The van der Waals surface area contributed by atoms with Crippen molar-refractivity contribution in [2.75, 3.05) is 17.2 Å². The molecule has 0 fully saturated rings. The number of carbonyl (C=O) groups is 1. The molecule has 180 valence electrons. The largest absolute Gasteiger partial charge is 0.462 e. The lowest BCUT2D eigenvalue weighted by Gasteiger charge is -2.11. The van der Waals surface area contributed by atoms with Gasteiger partial charge < -0.3 is 15.4 Å². The van der Waals surface area contributed by atoms with Crippen molar-refractivity contribution in [2.45, 2.75) is 20.4 Å². The van der Waals surface area contributed by atoms with Crippen LogP contribution in [0.2, 0.25) is 5.02 Å². The Morgan fingerprint density at radius 3 is 2.66 bits per heavy atom. The topological polar surface area (TPSA) is 68.2 Å². The summed E-state index contributed by atoms with van der Waals surface area (Å²) in [5.74, 6) is -0.357. The summed E-state index contributed by atoms with van der Waals surface area (Å²) in [4.78, 5) is 13.8. The smallest absolute Gasteiger partial charge is 0.341 e. The van der Waals surface area contributed by atoms with Gasteiger partial charge in [-0.05, 0) is 43.8 Å². The van der Waals surface area contributed by atoms with Gasteiger partial charge in [-0.3, -0.25) is 4.68 Å². The molecule has 0 atom stereocenters. The van der Waals surface area contributed by atoms with Gasteiger partial charge in [0.15, 0.2) is 10.9 Å². The molecule has 0 spiro atoms. The average Bonchev–Trinajstić information content (AvgIpc) is 3.40. The molecule has 0 aliphatic rings. The van der Waals surface area contributed by atoms with Crippen LogP contribution in [0.15, 0.2) is 60.8 Å². The van der Waals surface area contributed by atoms with Crippen LogP contribution in [-0.4, -0.2) is 27.5 Å². The predicted molar refractivity (Wildman–Crippen MR) is 143 cm³/mol. The summed E-state index contributed by atoms with van der Waals surface area (Å²) in [6.45, 7) is 4.15. The molecule has 2 aromatic heterocycles. The number of esters is 1. The Bertz CT molecular complexity index is 1350. The molecular formula is C25H22ClFN4O2S2. The van der Waals surface area contributed by atoms with Crippen molar-refractivity contribution in [3.05, 3.63) is 87.6 Å². The number of carbonyl (C=O) groups excluding carboxylic acids is 1. The second-order valence-corrected chi connectivity index (χ2v) is 9.54. The Labute approximate surface area is 216 Å². The molecule has 10 heteroatoms. The molecule has 0 saturated heterocycles. The molecular weight excluding hydrogens is 507 g/mol. The van der Waals surface area contributed by atoms with Gasteiger partial charge in [-0.25, -0.2) is 9.18 Å². The Kier molecular flexibility index (Phi) is 7.80. The molecule has 0 unspecified atom stereocenters. The zero-order valence-corrected chi connectivity index (χ0v) is 21.4. The van der Waals surface area contributed by atoms with Gasteiger partial charge in [0.05, 0.1) is 13.2 Å². The van der Waals surface area contributed by atoms with Crippen molar-refractivity contribution in [3.8, 4) is 11.1 Å². The molecule has 6 nitrogen and oxygen atoms in total. The minimum Gasteiger partial charge on any atom is -0.462 e. The van der Waals surface area contributed by atoms with Gasteiger partial charge in [0.1, 0.15) is 16.4 Å². The number of thiocarbonyl (C=S) groups is 1. The van der Waals surface area contributed by atoms with Crippen molar-refractivity contribution in [1.82, 2.24) is 9.78 Å². The second-order valence-electron chi connectivity index (χ2n) is 7.50. The molecule has 2 N–H and O–H groups in total. The van der Waals surface area contributed by atoms with Gasteiger partial charge in [0, 0.05) is 33.3 Å². The number of hydrogen-bond donors (Lipinski definition) is 2. The van der Waals surface area contributed by atoms with E-state index in [2.05, 4.69) is 15.7 Å². The van der Waals surface area contributed by atoms with Crippen molar-refractivity contribution in [3.63, 3.8) is 0 Å².